The Hall–Kier alpha value is -6.55. The van der Waals surface area contributed by atoms with E-state index in [2.05, 4.69) is 23.4 Å². The average molecular weight is 1260 g/mol. The van der Waals surface area contributed by atoms with Crippen molar-refractivity contribution in [2.24, 2.45) is 0 Å². The summed E-state index contributed by atoms with van der Waals surface area (Å²) in [5.41, 5.74) is -44.6. The Morgan fingerprint density at radius 3 is 1.71 bits per heavy atom. The number of nitrogens with zero attached hydrogens (tertiary/aromatic N) is 4. The summed E-state index contributed by atoms with van der Waals surface area (Å²) in [6.45, 7) is -53.8. The molecule has 7 aromatic carbocycles. The van der Waals surface area contributed by atoms with E-state index < -0.39 is 256 Å². The molecule has 0 atom stereocenters. The van der Waals surface area contributed by atoms with Gasteiger partial charge in [-0.05, 0) is 150 Å². The van der Waals surface area contributed by atoms with Crippen LogP contribution in [-0.2, 0) is 53.6 Å². The fourth-order valence-corrected chi connectivity index (χ4v) is 9.84. The molecule has 3 aliphatic rings. The minimum atomic E-state index is -4.95. The van der Waals surface area contributed by atoms with Gasteiger partial charge < -0.3 is 13.9 Å². The second kappa shape index (κ2) is 18.2. The first-order chi connectivity index (χ1) is 58.8. The van der Waals surface area contributed by atoms with Gasteiger partial charge >= 0.3 is 0 Å². The van der Waals surface area contributed by atoms with Gasteiger partial charge in [-0.25, -0.2) is 4.98 Å². The van der Waals surface area contributed by atoms with E-state index in [4.69, 9.17) is 54.1 Å². The van der Waals surface area contributed by atoms with Crippen molar-refractivity contribution in [3.8, 4) is 50.9 Å². The fourth-order valence-electron chi connectivity index (χ4n) is 9.84. The minimum absolute atomic E-state index is 0. The van der Waals surface area contributed by atoms with Crippen LogP contribution in [0.25, 0.3) is 72.3 Å². The molecular weight excluding hydrogens is 1130 g/mol. The van der Waals surface area contributed by atoms with Crippen LogP contribution in [-0.4, -0.2) is 14.1 Å². The number of fused-ring (bicyclic) bond motifs is 7. The molecule has 0 unspecified atom stereocenters. The number of pyridine rings is 1. The van der Waals surface area contributed by atoms with E-state index in [1.54, 1.807) is 12.1 Å². The summed E-state index contributed by atoms with van der Waals surface area (Å²) in [4.78, 5) is 4.39. The summed E-state index contributed by atoms with van der Waals surface area (Å²) in [6, 6.07) is 15.8. The summed E-state index contributed by atoms with van der Waals surface area (Å²) >= 11 is 0. The molecule has 0 radical (unpaired) electrons. The molecule has 10 aromatic rings. The van der Waals surface area contributed by atoms with Gasteiger partial charge in [-0.2, -0.15) is 18.2 Å². The van der Waals surface area contributed by atoms with Crippen molar-refractivity contribution < 1.29 is 104 Å². The van der Waals surface area contributed by atoms with Gasteiger partial charge in [0.15, 0.2) is 0 Å². The van der Waals surface area contributed by atoms with Gasteiger partial charge in [0, 0.05) is 110 Å². The number of hydrogen-bond donors (Lipinski definition) is 0. The zero-order valence-electron chi connectivity index (χ0n) is 93.9. The fraction of sp³-hybridized carbons (Fsp3) is 0.333. The molecule has 0 spiro atoms. The van der Waals surface area contributed by atoms with Crippen LogP contribution in [0, 0.1) is 18.5 Å². The van der Waals surface area contributed by atoms with Crippen LogP contribution in [0.3, 0.4) is 0 Å². The average Bonchev–Trinajstić information content (AvgIpc) is 0.641. The quantitative estimate of drug-likeness (QED) is 0.118. The first-order valence-corrected chi connectivity index (χ1v) is 23.3. The Bertz CT molecular complexity index is 6110. The van der Waals surface area contributed by atoms with Gasteiger partial charge in [0.1, 0.15) is 5.82 Å². The smallest absolute Gasteiger partial charge is 0.268 e. The third-order valence-electron chi connectivity index (χ3n) is 13.5. The van der Waals surface area contributed by atoms with Gasteiger partial charge in [0.25, 0.3) is 6.33 Å². The first-order valence-electron chi connectivity index (χ1n) is 50.3. The van der Waals surface area contributed by atoms with Crippen molar-refractivity contribution >= 4 is 32.8 Å². The largest absolute Gasteiger partial charge is 0.510 e. The summed E-state index contributed by atoms with van der Waals surface area (Å²) in [5, 5.41) is 0.546. The van der Waals surface area contributed by atoms with Gasteiger partial charge in [0.05, 0.1) is 24.9 Å². The molecule has 78 heavy (non-hydrogen) atoms. The standard InChI is InChI=1S/C72H72N4O.Pt/c1-67(2)33-35-69(5,6)57-39-46(27-31-55(57)67)51-22-18-23-52(47-28-32-56-58(40-47)70(7,8)36-34-68(56,3)4)66(51)75-45-74(62-25-15-16-26-63(62)75)48-19-17-20-49(41-48)77-50-29-30-54-53-21-13-14-24-61(53)76(64(54)42-50)65-43-59-60(44-73-65)72(11,12)38-37-71(59,9)10;/h13-32,39-40,43-44H,33-38H2,1-12H3;/q-2;/i1D3,2D3,3D3,4D3,5D3,6D3,7D3,8D3,9D3,10D3,11D3,12D3,27D,28D,31D,32D,33D2,34D2,35D2,36D2,37D2,38D2,39D,40D;. The monoisotopic (exact) mass is 1260 g/mol. The molecule has 3 heterocycles. The Labute approximate surface area is 552 Å². The molecule has 0 saturated heterocycles. The Morgan fingerprint density at radius 1 is 0.538 bits per heavy atom. The SMILES string of the molecule is [2H]c1c([2H])c2c(c([2H])c1-c1cccc(-c3c([2H])c([2H])c4c(c3[2H])C(C([2H])([2H])[2H])(C([2H])([2H])[2H])C([2H])([2H])C([2H])([2H])C4(C([2H])([2H])[2H])C([2H])([2H])[2H])c1-[n+]1[c-]n(-c3[c-]c(Oc4[c-]c5c(cc4)c4ccccc4n5-c4cc5c(cn4)C(C([2H])([2H])[2H])(C([2H])([2H])[2H])C([2H])([2H])C([2H])([2H])C5(C([2H])([2H])[2H])C([2H])([2H])[2H])ccc3)c3ccccc31)C(C([2H])([2H])[2H])(C([2H])([2H])[2H])C([2H])([2H])C([2H])([2H])C2(C([2H])([2H])[2H])C([2H])([2H])[2H].[Pt]. The van der Waals surface area contributed by atoms with Crippen LogP contribution in [0.4, 0.5) is 0 Å². The molecule has 0 bridgehead atoms. The molecule has 0 fully saturated rings. The molecule has 6 heteroatoms. The summed E-state index contributed by atoms with van der Waals surface area (Å²) in [7, 11) is 0. The number of benzene rings is 7. The number of imidazole rings is 1. The molecule has 0 saturated carbocycles. The molecule has 0 N–H and O–H groups in total. The maximum Gasteiger partial charge on any atom is 0.268 e. The molecule has 0 amide bonds. The maximum atomic E-state index is 10.4. The molecule has 13 rings (SSSR count). The van der Waals surface area contributed by atoms with Crippen molar-refractivity contribution in [2.45, 2.75) is 153 Å². The predicted octanol–water partition coefficient (Wildman–Crippen LogP) is 18.0. The summed E-state index contributed by atoms with van der Waals surface area (Å²) in [5.74, 6) is -1.20. The van der Waals surface area contributed by atoms with E-state index in [0.717, 1.165) is 27.3 Å². The number of rotatable bonds is 7. The van der Waals surface area contributed by atoms with E-state index >= 15 is 0 Å². The van der Waals surface area contributed by atoms with Crippen LogP contribution in [0.5, 0.6) is 11.5 Å². The van der Waals surface area contributed by atoms with Gasteiger partial charge in [0.2, 0.25) is 0 Å². The van der Waals surface area contributed by atoms with Crippen LogP contribution in [0.2, 0.25) is 0 Å². The molecule has 5 nitrogen and oxygen atoms in total. The Kier molecular flexibility index (Phi) is 4.46. The molecule has 3 aromatic heterocycles. The van der Waals surface area contributed by atoms with E-state index in [0.29, 0.717) is 17.6 Å². The van der Waals surface area contributed by atoms with E-state index in [9.17, 15) is 24.7 Å². The van der Waals surface area contributed by atoms with Gasteiger partial charge in [-0.1, -0.05) is 185 Å². The topological polar surface area (TPSA) is 35.9 Å². The van der Waals surface area contributed by atoms with Crippen molar-refractivity contribution in [1.82, 2.24) is 14.1 Å². The number of ether oxygens (including phenoxy) is 1. The van der Waals surface area contributed by atoms with E-state index in [-0.39, 0.29) is 65.7 Å². The summed E-state index contributed by atoms with van der Waals surface area (Å²) in [6.07, 6.45) is -25.1. The van der Waals surface area contributed by atoms with Crippen molar-refractivity contribution in [3.05, 3.63) is 197 Å². The maximum absolute atomic E-state index is 10.4. The normalized spacial score (nSPS) is 34.2. The minimum Gasteiger partial charge on any atom is -0.510 e. The second-order valence-electron chi connectivity index (χ2n) is 18.7. The second-order valence-corrected chi connectivity index (χ2v) is 18.7. The predicted molar refractivity (Wildman–Crippen MR) is 317 cm³/mol. The van der Waals surface area contributed by atoms with Crippen LogP contribution >= 0.6 is 0 Å². The van der Waals surface area contributed by atoms with Crippen LogP contribution in [0.15, 0.2) is 146 Å². The van der Waals surface area contributed by atoms with E-state index in [1.807, 2.05) is 0 Å². The third kappa shape index (κ3) is 8.43. The van der Waals surface area contributed by atoms with Gasteiger partial charge in [-0.15, -0.1) is 29.7 Å². The van der Waals surface area contributed by atoms with Crippen LogP contribution < -0.4 is 9.30 Å². The van der Waals surface area contributed by atoms with Crippen molar-refractivity contribution in [2.75, 3.05) is 0 Å². The molecule has 3 aliphatic carbocycles. The Morgan fingerprint density at radius 2 is 1.08 bits per heavy atom. The van der Waals surface area contributed by atoms with Crippen molar-refractivity contribution in [3.63, 3.8) is 0 Å². The zero-order chi connectivity index (χ0) is 99.6. The third-order valence-corrected chi connectivity index (χ3v) is 13.5. The van der Waals surface area contributed by atoms with Gasteiger partial charge in [-0.3, -0.25) is 4.57 Å². The summed E-state index contributed by atoms with van der Waals surface area (Å²) < 4.78 is 505. The molecule has 0 aliphatic heterocycles. The zero-order valence-corrected chi connectivity index (χ0v) is 42.2. The number of para-hydroxylation sites is 4. The van der Waals surface area contributed by atoms with Crippen LogP contribution in [0.1, 0.15) is 228 Å². The van der Waals surface area contributed by atoms with E-state index in [1.165, 1.54) is 71.3 Å². The molecular formula is C72H72N4OPt-2. The number of aromatic nitrogens is 4. The number of hydrogen-bond acceptors (Lipinski definition) is 2. The van der Waals surface area contributed by atoms with Crippen molar-refractivity contribution in [1.29, 1.82) is 0 Å². The first kappa shape index (κ1) is 19.0. The Balaban J connectivity index is 0.0000157. The molecule has 398 valence electrons.